The zero-order valence-electron chi connectivity index (χ0n) is 18.1. The lowest BCUT2D eigenvalue weighted by atomic mass is 9.95. The van der Waals surface area contributed by atoms with Gasteiger partial charge in [-0.25, -0.2) is 13.4 Å². The molecule has 1 aromatic carbocycles. The Morgan fingerprint density at radius 2 is 2.12 bits per heavy atom. The Morgan fingerprint density at radius 1 is 1.31 bits per heavy atom. The van der Waals surface area contributed by atoms with E-state index in [1.807, 2.05) is 12.1 Å². The minimum Gasteiger partial charge on any atom is -0.383 e. The molecule has 1 fully saturated rings. The van der Waals surface area contributed by atoms with Crippen LogP contribution >= 0.6 is 23.1 Å². The van der Waals surface area contributed by atoms with Crippen LogP contribution in [0.25, 0.3) is 10.9 Å². The number of para-hydroxylation sites is 1. The zero-order valence-corrected chi connectivity index (χ0v) is 20.4. The molecule has 0 spiro atoms. The van der Waals surface area contributed by atoms with E-state index in [2.05, 4.69) is 38.3 Å². The summed E-state index contributed by atoms with van der Waals surface area (Å²) in [4.78, 5) is 4.58. The number of ether oxygens (including phenoxy) is 2. The van der Waals surface area contributed by atoms with Crippen molar-refractivity contribution >= 4 is 44.1 Å². The number of sulfonamides is 1. The van der Waals surface area contributed by atoms with Crippen molar-refractivity contribution < 1.29 is 17.9 Å². The van der Waals surface area contributed by atoms with Crippen LogP contribution in [0.4, 0.5) is 0 Å². The molecule has 3 heterocycles. The van der Waals surface area contributed by atoms with Gasteiger partial charge in [-0.2, -0.15) is 8.68 Å². The molecule has 3 atom stereocenters. The SMILES string of the molecule is COCCN(Cc1nc(C2CC(Cn3ccc4ccccc43)CC(Cl)O2)ns1)S(C)(=O)=O. The first kappa shape index (κ1) is 23.6. The second-order valence-electron chi connectivity index (χ2n) is 8.03. The molecule has 0 aliphatic carbocycles. The summed E-state index contributed by atoms with van der Waals surface area (Å²) in [5.74, 6) is 0.881. The van der Waals surface area contributed by atoms with Crippen LogP contribution in [0.15, 0.2) is 36.5 Å². The van der Waals surface area contributed by atoms with Gasteiger partial charge in [0.2, 0.25) is 10.0 Å². The molecule has 8 nitrogen and oxygen atoms in total. The molecule has 3 aromatic rings. The molecule has 0 amide bonds. The van der Waals surface area contributed by atoms with E-state index in [9.17, 15) is 8.42 Å². The third-order valence-electron chi connectivity index (χ3n) is 5.61. The quantitative estimate of drug-likeness (QED) is 0.419. The zero-order chi connectivity index (χ0) is 22.7. The predicted molar refractivity (Wildman–Crippen MR) is 125 cm³/mol. The summed E-state index contributed by atoms with van der Waals surface area (Å²) in [7, 11) is -1.84. The molecule has 1 saturated heterocycles. The molecule has 0 saturated carbocycles. The van der Waals surface area contributed by atoms with Gasteiger partial charge in [0.05, 0.1) is 19.4 Å². The predicted octanol–water partition coefficient (Wildman–Crippen LogP) is 3.63. The Hall–Kier alpha value is -1.56. The summed E-state index contributed by atoms with van der Waals surface area (Å²) in [6.45, 7) is 1.58. The molecule has 174 valence electrons. The third-order valence-corrected chi connectivity index (χ3v) is 7.85. The number of fused-ring (bicyclic) bond motifs is 1. The Morgan fingerprint density at radius 3 is 2.91 bits per heavy atom. The molecule has 0 bridgehead atoms. The molecule has 1 aliphatic rings. The standard InChI is InChI=1S/C21H27ClN4O4S2/c1-29-10-9-26(32(2,27)28)14-20-23-21(24-31-20)18-11-15(12-19(22)30-18)13-25-8-7-16-5-3-4-6-17(16)25/h3-8,15,18-19H,9-14H2,1-2H3. The van der Waals surface area contributed by atoms with Crippen molar-refractivity contribution in [3.63, 3.8) is 0 Å². The van der Waals surface area contributed by atoms with E-state index < -0.39 is 15.6 Å². The first-order valence-corrected chi connectivity index (χ1v) is 13.5. The number of hydrogen-bond donors (Lipinski definition) is 0. The highest BCUT2D eigenvalue weighted by atomic mass is 35.5. The topological polar surface area (TPSA) is 86.5 Å². The maximum Gasteiger partial charge on any atom is 0.211 e. The van der Waals surface area contributed by atoms with Crippen molar-refractivity contribution in [3.8, 4) is 0 Å². The second-order valence-corrected chi connectivity index (χ2v) is 11.3. The van der Waals surface area contributed by atoms with E-state index in [1.54, 1.807) is 7.11 Å². The summed E-state index contributed by atoms with van der Waals surface area (Å²) < 4.78 is 43.1. The van der Waals surface area contributed by atoms with E-state index in [1.165, 1.54) is 33.0 Å². The van der Waals surface area contributed by atoms with Crippen molar-refractivity contribution in [1.82, 2.24) is 18.2 Å². The molecule has 2 aromatic heterocycles. The van der Waals surface area contributed by atoms with Gasteiger partial charge in [0, 0.05) is 31.9 Å². The van der Waals surface area contributed by atoms with E-state index in [0.29, 0.717) is 23.4 Å². The Bertz CT molecular complexity index is 1150. The van der Waals surface area contributed by atoms with E-state index in [-0.39, 0.29) is 19.2 Å². The van der Waals surface area contributed by atoms with Gasteiger partial charge >= 0.3 is 0 Å². The number of aromatic nitrogens is 3. The lowest BCUT2D eigenvalue weighted by Crippen LogP contribution is -2.32. The van der Waals surface area contributed by atoms with Crippen molar-refractivity contribution in [2.24, 2.45) is 5.92 Å². The van der Waals surface area contributed by atoms with Crippen LogP contribution in [0.3, 0.4) is 0 Å². The van der Waals surface area contributed by atoms with E-state index in [4.69, 9.17) is 21.1 Å². The van der Waals surface area contributed by atoms with Crippen LogP contribution in [0.2, 0.25) is 0 Å². The number of nitrogens with zero attached hydrogens (tertiary/aromatic N) is 4. The number of benzene rings is 1. The van der Waals surface area contributed by atoms with Crippen LogP contribution < -0.4 is 0 Å². The lowest BCUT2D eigenvalue weighted by molar-refractivity contribution is -0.0403. The van der Waals surface area contributed by atoms with Gasteiger partial charge in [-0.1, -0.05) is 29.8 Å². The summed E-state index contributed by atoms with van der Waals surface area (Å²) in [5, 5.41) is 1.84. The summed E-state index contributed by atoms with van der Waals surface area (Å²) in [6, 6.07) is 10.4. The summed E-state index contributed by atoms with van der Waals surface area (Å²) in [6.07, 6.45) is 4.49. The van der Waals surface area contributed by atoms with Gasteiger partial charge in [-0.3, -0.25) is 0 Å². The molecule has 32 heavy (non-hydrogen) atoms. The number of hydrogen-bond acceptors (Lipinski definition) is 7. The van der Waals surface area contributed by atoms with E-state index in [0.717, 1.165) is 19.4 Å². The van der Waals surface area contributed by atoms with Gasteiger partial charge < -0.3 is 14.0 Å². The fourth-order valence-electron chi connectivity index (χ4n) is 4.01. The molecule has 3 unspecified atom stereocenters. The minimum absolute atomic E-state index is 0.162. The highest BCUT2D eigenvalue weighted by Crippen LogP contribution is 2.37. The minimum atomic E-state index is -3.38. The molecular weight excluding hydrogens is 472 g/mol. The maximum atomic E-state index is 12.1. The van der Waals surface area contributed by atoms with Gasteiger partial charge in [0.15, 0.2) is 5.82 Å². The normalized spacial score (nSPS) is 22.1. The first-order valence-electron chi connectivity index (χ1n) is 10.4. The summed E-state index contributed by atoms with van der Waals surface area (Å²) >= 11 is 7.63. The van der Waals surface area contributed by atoms with Gasteiger partial charge in [0.1, 0.15) is 16.7 Å². The molecule has 4 rings (SSSR count). The first-order chi connectivity index (χ1) is 15.3. The maximum absolute atomic E-state index is 12.1. The fraction of sp³-hybridized carbons (Fsp3) is 0.524. The number of alkyl halides is 1. The lowest BCUT2D eigenvalue weighted by Gasteiger charge is -2.31. The van der Waals surface area contributed by atoms with Crippen molar-refractivity contribution in [2.75, 3.05) is 26.5 Å². The van der Waals surface area contributed by atoms with Crippen molar-refractivity contribution in [3.05, 3.63) is 47.4 Å². The monoisotopic (exact) mass is 498 g/mol. The average molecular weight is 499 g/mol. The molecule has 11 heteroatoms. The molecule has 0 N–H and O–H groups in total. The Labute approximate surface area is 197 Å². The third kappa shape index (κ3) is 5.67. The van der Waals surface area contributed by atoms with Crippen molar-refractivity contribution in [1.29, 1.82) is 0 Å². The number of halogens is 1. The van der Waals surface area contributed by atoms with Crippen LogP contribution in [-0.2, 0) is 32.6 Å². The van der Waals surface area contributed by atoms with Gasteiger partial charge in [0.25, 0.3) is 0 Å². The summed E-state index contributed by atoms with van der Waals surface area (Å²) in [5.41, 5.74) is 0.786. The van der Waals surface area contributed by atoms with Crippen LogP contribution in [0.1, 0.15) is 29.8 Å². The largest absolute Gasteiger partial charge is 0.383 e. The number of rotatable bonds is 9. The van der Waals surface area contributed by atoms with E-state index >= 15 is 0 Å². The average Bonchev–Trinajstić information content (AvgIpc) is 3.37. The molecular formula is C21H27ClN4O4S2. The van der Waals surface area contributed by atoms with Gasteiger partial charge in [-0.15, -0.1) is 0 Å². The Kier molecular flexibility index (Phi) is 7.48. The smallest absolute Gasteiger partial charge is 0.211 e. The highest BCUT2D eigenvalue weighted by Gasteiger charge is 2.32. The molecule has 1 aliphatic heterocycles. The van der Waals surface area contributed by atoms with Crippen LogP contribution in [0, 0.1) is 5.92 Å². The van der Waals surface area contributed by atoms with Crippen molar-refractivity contribution in [2.45, 2.75) is 37.6 Å². The van der Waals surface area contributed by atoms with Gasteiger partial charge in [-0.05, 0) is 47.8 Å². The van der Waals surface area contributed by atoms with Crippen LogP contribution in [0.5, 0.6) is 0 Å². The second kappa shape index (κ2) is 10.1. The number of methoxy groups -OCH3 is 1. The molecule has 0 radical (unpaired) electrons. The van der Waals surface area contributed by atoms with Crippen LogP contribution in [-0.4, -0.2) is 58.7 Å². The highest BCUT2D eigenvalue weighted by molar-refractivity contribution is 7.88. The fourth-order valence-corrected chi connectivity index (χ4v) is 5.94. The Balaban J connectivity index is 1.45.